The number of hydrogen-bond donors (Lipinski definition) is 2. The second-order valence-electron chi connectivity index (χ2n) is 7.32. The molecule has 1 aromatic rings. The van der Waals surface area contributed by atoms with Gasteiger partial charge in [-0.1, -0.05) is 19.9 Å². The molecule has 2 N–H and O–H groups in total. The van der Waals surface area contributed by atoms with E-state index in [9.17, 15) is 9.90 Å². The van der Waals surface area contributed by atoms with E-state index in [4.69, 9.17) is 4.74 Å². The summed E-state index contributed by atoms with van der Waals surface area (Å²) in [5.74, 6) is -0.952. The van der Waals surface area contributed by atoms with Crippen LogP contribution in [0.2, 0.25) is 0 Å². The van der Waals surface area contributed by atoms with Gasteiger partial charge in [-0.2, -0.15) is 0 Å². The van der Waals surface area contributed by atoms with Crippen LogP contribution < -0.4 is 5.32 Å². The number of likely N-dealkylation sites (tertiary alicyclic amines) is 1. The van der Waals surface area contributed by atoms with Gasteiger partial charge in [0.1, 0.15) is 5.00 Å². The Bertz CT molecular complexity index is 647. The van der Waals surface area contributed by atoms with Gasteiger partial charge in [-0.05, 0) is 50.5 Å². The number of aliphatic hydroxyl groups is 1. The molecule has 6 heteroatoms. The summed E-state index contributed by atoms with van der Waals surface area (Å²) in [5.41, 5.74) is 1.65. The molecule has 2 heterocycles. The second kappa shape index (κ2) is 7.48. The third-order valence-electron chi connectivity index (χ3n) is 5.23. The third-order valence-corrected chi connectivity index (χ3v) is 6.40. The van der Waals surface area contributed by atoms with Crippen LogP contribution in [0.3, 0.4) is 0 Å². The van der Waals surface area contributed by atoms with Crippen molar-refractivity contribution in [1.29, 1.82) is 0 Å². The topological polar surface area (TPSA) is 61.8 Å². The Morgan fingerprint density at radius 3 is 2.84 bits per heavy atom. The summed E-state index contributed by atoms with van der Waals surface area (Å²) in [6.07, 6.45) is 7.46. The largest absolute Gasteiger partial charge is 0.431 e. The maximum absolute atomic E-state index is 12.5. The van der Waals surface area contributed by atoms with Crippen molar-refractivity contribution < 1.29 is 14.6 Å². The summed E-state index contributed by atoms with van der Waals surface area (Å²) < 4.78 is 5.08. The first-order valence-electron chi connectivity index (χ1n) is 9.14. The molecular formula is C19H28N2O3S. The van der Waals surface area contributed by atoms with Crippen molar-refractivity contribution in [3.05, 3.63) is 28.8 Å². The molecule has 0 bridgehead atoms. The highest BCUT2D eigenvalue weighted by Crippen LogP contribution is 2.41. The van der Waals surface area contributed by atoms with Crippen molar-refractivity contribution in [2.75, 3.05) is 18.4 Å². The predicted molar refractivity (Wildman–Crippen MR) is 101 cm³/mol. The van der Waals surface area contributed by atoms with Gasteiger partial charge >= 0.3 is 5.97 Å². The molecule has 0 amide bonds. The van der Waals surface area contributed by atoms with Crippen LogP contribution in [0, 0.1) is 5.92 Å². The normalized spacial score (nSPS) is 23.4. The van der Waals surface area contributed by atoms with E-state index in [-0.39, 0.29) is 5.97 Å². The highest BCUT2D eigenvalue weighted by atomic mass is 32.1. The van der Waals surface area contributed by atoms with Crippen LogP contribution in [-0.4, -0.2) is 34.9 Å². The Morgan fingerprint density at radius 2 is 2.16 bits per heavy atom. The van der Waals surface area contributed by atoms with Gasteiger partial charge < -0.3 is 15.2 Å². The SMILES string of the molecule is C=COC(=O)c1c(NC(C)(O)N2CCCCC2)sc2c1CCC(C)C2. The van der Waals surface area contributed by atoms with Gasteiger partial charge in [-0.15, -0.1) is 11.3 Å². The lowest BCUT2D eigenvalue weighted by Crippen LogP contribution is -2.54. The van der Waals surface area contributed by atoms with Crippen molar-refractivity contribution in [3.8, 4) is 0 Å². The van der Waals surface area contributed by atoms with E-state index < -0.39 is 5.85 Å². The number of ether oxygens (including phenoxy) is 1. The number of esters is 1. The Morgan fingerprint density at radius 1 is 1.44 bits per heavy atom. The van der Waals surface area contributed by atoms with Gasteiger partial charge in [-0.25, -0.2) is 4.79 Å². The average molecular weight is 365 g/mol. The fraction of sp³-hybridized carbons (Fsp3) is 0.632. The van der Waals surface area contributed by atoms with Gasteiger partial charge in [-0.3, -0.25) is 4.90 Å². The van der Waals surface area contributed by atoms with Crippen LogP contribution in [0.4, 0.5) is 5.00 Å². The number of anilines is 1. The fourth-order valence-corrected chi connectivity index (χ4v) is 5.31. The van der Waals surface area contributed by atoms with E-state index in [0.717, 1.165) is 50.8 Å². The highest BCUT2D eigenvalue weighted by Gasteiger charge is 2.35. The summed E-state index contributed by atoms with van der Waals surface area (Å²) in [6.45, 7) is 9.21. The lowest BCUT2D eigenvalue weighted by atomic mass is 9.88. The van der Waals surface area contributed by atoms with Crippen LogP contribution in [0.25, 0.3) is 0 Å². The lowest BCUT2D eigenvalue weighted by molar-refractivity contribution is -0.0779. The number of rotatable bonds is 5. The van der Waals surface area contributed by atoms with Crippen LogP contribution >= 0.6 is 11.3 Å². The van der Waals surface area contributed by atoms with Crippen molar-refractivity contribution in [3.63, 3.8) is 0 Å². The number of fused-ring (bicyclic) bond motifs is 1. The Hall–Kier alpha value is -1.37. The number of thiophene rings is 1. The lowest BCUT2D eigenvalue weighted by Gasteiger charge is -2.40. The quantitative estimate of drug-likeness (QED) is 0.473. The maximum Gasteiger partial charge on any atom is 0.346 e. The van der Waals surface area contributed by atoms with Gasteiger partial charge in [0.15, 0.2) is 5.85 Å². The fourth-order valence-electron chi connectivity index (χ4n) is 3.81. The molecule has 2 aliphatic rings. The van der Waals surface area contributed by atoms with Crippen LogP contribution in [0.1, 0.15) is 60.3 Å². The predicted octanol–water partition coefficient (Wildman–Crippen LogP) is 3.74. The van der Waals surface area contributed by atoms with Crippen molar-refractivity contribution >= 4 is 22.3 Å². The van der Waals surface area contributed by atoms with Gasteiger partial charge in [0, 0.05) is 18.0 Å². The summed E-state index contributed by atoms with van der Waals surface area (Å²) >= 11 is 1.58. The number of hydrogen-bond acceptors (Lipinski definition) is 6. The van der Waals surface area contributed by atoms with E-state index in [1.165, 1.54) is 17.6 Å². The molecule has 1 fully saturated rings. The molecule has 5 nitrogen and oxygen atoms in total. The molecule has 0 saturated carbocycles. The number of carbonyl (C=O) groups is 1. The number of carbonyl (C=O) groups excluding carboxylic acids is 1. The molecular weight excluding hydrogens is 336 g/mol. The molecule has 2 unspecified atom stereocenters. The average Bonchev–Trinajstić information content (AvgIpc) is 2.92. The minimum absolute atomic E-state index is 0.390. The van der Waals surface area contributed by atoms with Crippen molar-refractivity contribution in [2.45, 2.75) is 58.2 Å². The summed E-state index contributed by atoms with van der Waals surface area (Å²) in [4.78, 5) is 15.8. The number of nitrogens with one attached hydrogen (secondary N) is 1. The van der Waals surface area contributed by atoms with E-state index in [2.05, 4.69) is 18.8 Å². The van der Waals surface area contributed by atoms with E-state index in [1.807, 2.05) is 4.90 Å². The summed E-state index contributed by atoms with van der Waals surface area (Å²) in [6, 6.07) is 0. The molecule has 0 radical (unpaired) electrons. The molecule has 1 aliphatic carbocycles. The highest BCUT2D eigenvalue weighted by molar-refractivity contribution is 7.16. The van der Waals surface area contributed by atoms with Crippen LogP contribution in [0.15, 0.2) is 12.8 Å². The zero-order chi connectivity index (χ0) is 18.0. The monoisotopic (exact) mass is 364 g/mol. The van der Waals surface area contributed by atoms with E-state index in [0.29, 0.717) is 16.5 Å². The number of piperidine rings is 1. The van der Waals surface area contributed by atoms with Crippen LogP contribution in [0.5, 0.6) is 0 Å². The molecule has 0 aromatic carbocycles. The van der Waals surface area contributed by atoms with Gasteiger partial charge in [0.05, 0.1) is 11.8 Å². The third kappa shape index (κ3) is 3.91. The van der Waals surface area contributed by atoms with E-state index in [1.54, 1.807) is 18.3 Å². The maximum atomic E-state index is 12.5. The zero-order valence-corrected chi connectivity index (χ0v) is 16.0. The molecule has 0 spiro atoms. The Kier molecular flexibility index (Phi) is 5.51. The van der Waals surface area contributed by atoms with Gasteiger partial charge in [0.25, 0.3) is 0 Å². The van der Waals surface area contributed by atoms with Crippen LogP contribution in [-0.2, 0) is 17.6 Å². The first-order chi connectivity index (χ1) is 11.9. The molecule has 25 heavy (non-hydrogen) atoms. The second-order valence-corrected chi connectivity index (χ2v) is 8.43. The van der Waals surface area contributed by atoms with Crippen molar-refractivity contribution in [1.82, 2.24) is 4.90 Å². The Balaban J connectivity index is 1.91. The smallest absolute Gasteiger partial charge is 0.346 e. The minimum atomic E-state index is -1.18. The van der Waals surface area contributed by atoms with E-state index >= 15 is 0 Å². The zero-order valence-electron chi connectivity index (χ0n) is 15.1. The first-order valence-corrected chi connectivity index (χ1v) is 9.96. The molecule has 1 aromatic heterocycles. The van der Waals surface area contributed by atoms with Crippen molar-refractivity contribution in [2.24, 2.45) is 5.92 Å². The summed E-state index contributed by atoms with van der Waals surface area (Å²) in [5, 5.41) is 14.9. The minimum Gasteiger partial charge on any atom is -0.431 e. The molecule has 138 valence electrons. The molecule has 1 aliphatic heterocycles. The Labute approximate surface area is 153 Å². The van der Waals surface area contributed by atoms with Gasteiger partial charge in [0.2, 0.25) is 0 Å². The molecule has 3 rings (SSSR count). The first kappa shape index (κ1) is 18.4. The number of nitrogens with zero attached hydrogens (tertiary/aromatic N) is 1. The molecule has 2 atom stereocenters. The summed E-state index contributed by atoms with van der Waals surface area (Å²) in [7, 11) is 0. The molecule has 1 saturated heterocycles. The standard InChI is InChI=1S/C19H28N2O3S/c1-4-24-18(22)16-14-9-8-13(2)12-15(14)25-17(16)20-19(3,23)21-10-6-5-7-11-21/h4,13,20,23H,1,5-12H2,2-3H3.